The molecular weight excluding hydrogens is 230 g/mol. The van der Waals surface area contributed by atoms with Gasteiger partial charge in [-0.25, -0.2) is 0 Å². The van der Waals surface area contributed by atoms with Crippen LogP contribution in [0, 0.1) is 22.2 Å². The maximum absolute atomic E-state index is 12.1. The average Bonchev–Trinajstić information content (AvgIpc) is 2.29. The molecule has 0 bridgehead atoms. The van der Waals surface area contributed by atoms with Crippen LogP contribution in [0.1, 0.15) is 40.0 Å². The Morgan fingerprint density at radius 2 is 1.89 bits per heavy atom. The minimum Gasteiger partial charge on any atom is -0.369 e. The van der Waals surface area contributed by atoms with Gasteiger partial charge < -0.3 is 10.6 Å². The zero-order chi connectivity index (χ0) is 14.0. The van der Waals surface area contributed by atoms with E-state index in [-0.39, 0.29) is 17.7 Å². The van der Waals surface area contributed by atoms with Crippen LogP contribution in [0.15, 0.2) is 0 Å². The van der Waals surface area contributed by atoms with Crippen molar-refractivity contribution in [3.8, 4) is 6.07 Å². The number of nitriles is 1. The monoisotopic (exact) mass is 251 g/mol. The quantitative estimate of drug-likeness (QED) is 0.813. The lowest BCUT2D eigenvalue weighted by atomic mass is 9.81. The third-order valence-corrected chi connectivity index (χ3v) is 3.75. The first-order chi connectivity index (χ1) is 8.20. The predicted molar refractivity (Wildman–Crippen MR) is 67.1 cm³/mol. The Labute approximate surface area is 108 Å². The Balaban J connectivity index is 2.57. The molecule has 1 aliphatic heterocycles. The van der Waals surface area contributed by atoms with Crippen molar-refractivity contribution in [3.05, 3.63) is 0 Å². The molecule has 0 atom stereocenters. The summed E-state index contributed by atoms with van der Waals surface area (Å²) in [6, 6.07) is 2.29. The van der Waals surface area contributed by atoms with Crippen LogP contribution in [0.3, 0.4) is 0 Å². The molecule has 1 fully saturated rings. The van der Waals surface area contributed by atoms with Gasteiger partial charge in [0.15, 0.2) is 0 Å². The Morgan fingerprint density at radius 1 is 1.39 bits per heavy atom. The Kier molecular flexibility index (Phi) is 4.00. The van der Waals surface area contributed by atoms with Crippen molar-refractivity contribution < 1.29 is 9.59 Å². The highest BCUT2D eigenvalue weighted by atomic mass is 16.2. The van der Waals surface area contributed by atoms with Crippen molar-refractivity contribution >= 4 is 11.8 Å². The molecule has 0 unspecified atom stereocenters. The van der Waals surface area contributed by atoms with E-state index in [1.165, 1.54) is 0 Å². The van der Waals surface area contributed by atoms with Gasteiger partial charge in [-0.05, 0) is 19.8 Å². The van der Waals surface area contributed by atoms with E-state index >= 15 is 0 Å². The molecule has 1 aliphatic rings. The molecule has 18 heavy (non-hydrogen) atoms. The molecule has 0 saturated carbocycles. The van der Waals surface area contributed by atoms with Crippen molar-refractivity contribution in [2.45, 2.75) is 40.0 Å². The Hall–Kier alpha value is -1.57. The summed E-state index contributed by atoms with van der Waals surface area (Å²) in [5.74, 6) is -0.520. The SMILES string of the molecule is CC1(C#N)CCN(C(=O)CC(C)(C)C(N)=O)CC1. The van der Waals surface area contributed by atoms with Crippen LogP contribution in [-0.4, -0.2) is 29.8 Å². The van der Waals surface area contributed by atoms with Crippen LogP contribution in [-0.2, 0) is 9.59 Å². The highest BCUT2D eigenvalue weighted by molar-refractivity contribution is 5.87. The molecule has 1 saturated heterocycles. The first kappa shape index (κ1) is 14.5. The molecule has 0 aromatic heterocycles. The van der Waals surface area contributed by atoms with Crippen molar-refractivity contribution in [3.63, 3.8) is 0 Å². The molecule has 0 aliphatic carbocycles. The third kappa shape index (κ3) is 3.22. The number of hydrogen-bond acceptors (Lipinski definition) is 3. The fourth-order valence-corrected chi connectivity index (χ4v) is 1.94. The molecule has 0 aromatic carbocycles. The van der Waals surface area contributed by atoms with E-state index in [0.717, 1.165) is 0 Å². The van der Waals surface area contributed by atoms with Gasteiger partial charge >= 0.3 is 0 Å². The lowest BCUT2D eigenvalue weighted by molar-refractivity contribution is -0.139. The summed E-state index contributed by atoms with van der Waals surface area (Å²) >= 11 is 0. The van der Waals surface area contributed by atoms with Crippen molar-refractivity contribution in [1.29, 1.82) is 5.26 Å². The van der Waals surface area contributed by atoms with Gasteiger partial charge in [-0.1, -0.05) is 13.8 Å². The van der Waals surface area contributed by atoms with Crippen LogP contribution in [0.4, 0.5) is 0 Å². The summed E-state index contributed by atoms with van der Waals surface area (Å²) in [6.07, 6.45) is 1.50. The summed E-state index contributed by atoms with van der Waals surface area (Å²) in [5, 5.41) is 9.02. The predicted octanol–water partition coefficient (Wildman–Crippen LogP) is 1.04. The van der Waals surface area contributed by atoms with Gasteiger partial charge in [-0.3, -0.25) is 9.59 Å². The van der Waals surface area contributed by atoms with Gasteiger partial charge in [-0.15, -0.1) is 0 Å². The smallest absolute Gasteiger partial charge is 0.223 e. The zero-order valence-corrected chi connectivity index (χ0v) is 11.3. The fraction of sp³-hybridized carbons (Fsp3) is 0.769. The number of likely N-dealkylation sites (tertiary alicyclic amines) is 1. The van der Waals surface area contributed by atoms with Crippen LogP contribution in [0.25, 0.3) is 0 Å². The Bertz CT molecular complexity index is 388. The minimum absolute atomic E-state index is 0.0567. The van der Waals surface area contributed by atoms with E-state index in [1.807, 2.05) is 6.92 Å². The van der Waals surface area contributed by atoms with Gasteiger partial charge in [-0.2, -0.15) is 5.26 Å². The minimum atomic E-state index is -0.812. The lowest BCUT2D eigenvalue weighted by Crippen LogP contribution is -2.44. The molecule has 5 heteroatoms. The highest BCUT2D eigenvalue weighted by Crippen LogP contribution is 2.31. The maximum atomic E-state index is 12.1. The largest absolute Gasteiger partial charge is 0.369 e. The number of rotatable bonds is 3. The number of nitrogens with two attached hydrogens (primary N) is 1. The second-order valence-corrected chi connectivity index (χ2v) is 5.98. The van der Waals surface area contributed by atoms with Crippen molar-refractivity contribution in [1.82, 2.24) is 4.90 Å². The van der Waals surface area contributed by atoms with E-state index in [1.54, 1.807) is 18.7 Å². The number of carbonyl (C=O) groups excluding carboxylic acids is 2. The van der Waals surface area contributed by atoms with Crippen LogP contribution in [0.2, 0.25) is 0 Å². The molecule has 0 aromatic rings. The van der Waals surface area contributed by atoms with E-state index in [9.17, 15) is 9.59 Å². The van der Waals surface area contributed by atoms with E-state index < -0.39 is 11.3 Å². The molecule has 2 amide bonds. The van der Waals surface area contributed by atoms with Gasteiger partial charge in [0.05, 0.1) is 16.9 Å². The third-order valence-electron chi connectivity index (χ3n) is 3.75. The first-order valence-corrected chi connectivity index (χ1v) is 6.19. The van der Waals surface area contributed by atoms with E-state index in [4.69, 9.17) is 11.0 Å². The molecule has 1 rings (SSSR count). The lowest BCUT2D eigenvalue weighted by Gasteiger charge is -2.36. The standard InChI is InChI=1S/C13H21N3O2/c1-12(2,11(15)18)8-10(17)16-6-4-13(3,9-14)5-7-16/h4-8H2,1-3H3,(H2,15,18). The Morgan fingerprint density at radius 3 is 2.28 bits per heavy atom. The molecular formula is C13H21N3O2. The van der Waals surface area contributed by atoms with Gasteiger partial charge in [0, 0.05) is 19.5 Å². The molecule has 0 radical (unpaired) electrons. The molecule has 2 N–H and O–H groups in total. The molecule has 0 spiro atoms. The van der Waals surface area contributed by atoms with Crippen LogP contribution in [0.5, 0.6) is 0 Å². The summed E-state index contributed by atoms with van der Waals surface area (Å²) in [6.45, 7) is 6.44. The first-order valence-electron chi connectivity index (χ1n) is 6.19. The second kappa shape index (κ2) is 4.97. The van der Waals surface area contributed by atoms with E-state index in [2.05, 4.69) is 6.07 Å². The number of nitrogens with zero attached hydrogens (tertiary/aromatic N) is 2. The summed E-state index contributed by atoms with van der Waals surface area (Å²) in [4.78, 5) is 25.0. The number of carbonyl (C=O) groups is 2. The van der Waals surface area contributed by atoms with Crippen LogP contribution < -0.4 is 5.73 Å². The molecule has 100 valence electrons. The number of amides is 2. The number of hydrogen-bond donors (Lipinski definition) is 1. The van der Waals surface area contributed by atoms with Crippen molar-refractivity contribution in [2.24, 2.45) is 16.6 Å². The fourth-order valence-electron chi connectivity index (χ4n) is 1.94. The van der Waals surface area contributed by atoms with E-state index in [0.29, 0.717) is 25.9 Å². The normalized spacial score (nSPS) is 19.1. The highest BCUT2D eigenvalue weighted by Gasteiger charge is 2.35. The zero-order valence-electron chi connectivity index (χ0n) is 11.3. The molecule has 5 nitrogen and oxygen atoms in total. The summed E-state index contributed by atoms with van der Waals surface area (Å²) in [5.41, 5.74) is 4.12. The molecule has 1 heterocycles. The van der Waals surface area contributed by atoms with Gasteiger partial charge in [0.2, 0.25) is 11.8 Å². The second-order valence-electron chi connectivity index (χ2n) is 5.98. The van der Waals surface area contributed by atoms with Gasteiger partial charge in [0.1, 0.15) is 0 Å². The van der Waals surface area contributed by atoms with Crippen LogP contribution >= 0.6 is 0 Å². The maximum Gasteiger partial charge on any atom is 0.223 e. The number of primary amides is 1. The van der Waals surface area contributed by atoms with Crippen molar-refractivity contribution in [2.75, 3.05) is 13.1 Å². The topological polar surface area (TPSA) is 87.2 Å². The summed E-state index contributed by atoms with van der Waals surface area (Å²) < 4.78 is 0. The average molecular weight is 251 g/mol. The van der Waals surface area contributed by atoms with Gasteiger partial charge in [0.25, 0.3) is 0 Å². The summed E-state index contributed by atoms with van der Waals surface area (Å²) in [7, 11) is 0. The number of piperidine rings is 1.